The van der Waals surface area contributed by atoms with Crippen LogP contribution in [-0.4, -0.2) is 27.6 Å². The average molecular weight is 341 g/mol. The maximum atomic E-state index is 12.3. The van der Waals surface area contributed by atoms with Gasteiger partial charge in [0, 0.05) is 17.5 Å². The summed E-state index contributed by atoms with van der Waals surface area (Å²) < 4.78 is 5.74. The predicted molar refractivity (Wildman–Crippen MR) is 87.8 cm³/mol. The molecule has 1 aromatic carbocycles. The zero-order chi connectivity index (χ0) is 16.5. The Balaban J connectivity index is 1.82. The van der Waals surface area contributed by atoms with Gasteiger partial charge in [0.05, 0.1) is 18.0 Å². The zero-order valence-electron chi connectivity index (χ0n) is 12.6. The van der Waals surface area contributed by atoms with E-state index >= 15 is 0 Å². The van der Waals surface area contributed by atoms with Gasteiger partial charge >= 0.3 is 0 Å². The second-order valence-electron chi connectivity index (χ2n) is 5.51. The molecule has 0 spiro atoms. The van der Waals surface area contributed by atoms with Gasteiger partial charge in [-0.15, -0.1) is 0 Å². The summed E-state index contributed by atoms with van der Waals surface area (Å²) in [4.78, 5) is 16.9. The van der Waals surface area contributed by atoms with Gasteiger partial charge in [-0.3, -0.25) is 4.79 Å². The van der Waals surface area contributed by atoms with E-state index in [1.54, 1.807) is 18.5 Å². The molecule has 0 saturated heterocycles. The summed E-state index contributed by atoms with van der Waals surface area (Å²) in [6, 6.07) is 9.33. The molecule has 1 aliphatic heterocycles. The first-order chi connectivity index (χ1) is 11.7. The quantitative estimate of drug-likeness (QED) is 0.775. The lowest BCUT2D eigenvalue weighted by atomic mass is 9.92. The summed E-state index contributed by atoms with van der Waals surface area (Å²) in [6.45, 7) is 0.560. The van der Waals surface area contributed by atoms with Gasteiger partial charge in [-0.05, 0) is 30.2 Å². The molecule has 24 heavy (non-hydrogen) atoms. The van der Waals surface area contributed by atoms with Crippen molar-refractivity contribution in [2.75, 3.05) is 6.54 Å². The van der Waals surface area contributed by atoms with E-state index in [1.807, 2.05) is 24.3 Å². The van der Waals surface area contributed by atoms with Gasteiger partial charge in [0.1, 0.15) is 5.69 Å². The Morgan fingerprint density at radius 3 is 2.75 bits per heavy atom. The number of amides is 1. The highest BCUT2D eigenvalue weighted by Gasteiger charge is 2.30. The van der Waals surface area contributed by atoms with Crippen LogP contribution >= 0.6 is 11.6 Å². The summed E-state index contributed by atoms with van der Waals surface area (Å²) in [6.07, 6.45) is 3.85. The Kier molecular flexibility index (Phi) is 3.74. The van der Waals surface area contributed by atoms with Gasteiger partial charge in [-0.1, -0.05) is 23.7 Å². The van der Waals surface area contributed by atoms with E-state index < -0.39 is 0 Å². The lowest BCUT2D eigenvalue weighted by molar-refractivity contribution is 0.0929. The number of halogens is 1. The van der Waals surface area contributed by atoms with Crippen LogP contribution in [0.25, 0.3) is 11.5 Å². The maximum Gasteiger partial charge on any atom is 0.289 e. The normalized spacial score (nSPS) is 17.0. The Morgan fingerprint density at radius 1 is 1.17 bits per heavy atom. The van der Waals surface area contributed by atoms with Gasteiger partial charge in [0.15, 0.2) is 0 Å². The molecule has 1 N–H and O–H groups in total. The molecule has 1 aliphatic rings. The molecule has 4 rings (SSSR count). The van der Waals surface area contributed by atoms with Crippen molar-refractivity contribution >= 4 is 17.5 Å². The number of hydrogen-bond donors (Lipinski definition) is 1. The van der Waals surface area contributed by atoms with Gasteiger partial charge in [-0.2, -0.15) is 10.2 Å². The highest BCUT2D eigenvalue weighted by atomic mass is 35.5. The van der Waals surface area contributed by atoms with Crippen molar-refractivity contribution in [2.45, 2.75) is 12.3 Å². The first-order valence-electron chi connectivity index (χ1n) is 7.54. The van der Waals surface area contributed by atoms with E-state index in [-0.39, 0.29) is 17.6 Å². The van der Waals surface area contributed by atoms with Crippen LogP contribution in [0.15, 0.2) is 47.1 Å². The van der Waals surface area contributed by atoms with Crippen molar-refractivity contribution in [1.29, 1.82) is 0 Å². The molecule has 7 heteroatoms. The van der Waals surface area contributed by atoms with Gasteiger partial charge in [0.25, 0.3) is 5.91 Å². The van der Waals surface area contributed by atoms with Crippen LogP contribution in [0.2, 0.25) is 5.02 Å². The van der Waals surface area contributed by atoms with Crippen molar-refractivity contribution in [1.82, 2.24) is 20.5 Å². The van der Waals surface area contributed by atoms with E-state index in [4.69, 9.17) is 16.0 Å². The monoisotopic (exact) mass is 340 g/mol. The van der Waals surface area contributed by atoms with E-state index in [2.05, 4.69) is 20.5 Å². The topological polar surface area (TPSA) is 80.9 Å². The molecule has 120 valence electrons. The van der Waals surface area contributed by atoms with E-state index in [1.165, 1.54) is 0 Å². The van der Waals surface area contributed by atoms with Crippen molar-refractivity contribution in [3.63, 3.8) is 0 Å². The molecule has 1 unspecified atom stereocenters. The van der Waals surface area contributed by atoms with Crippen molar-refractivity contribution in [3.05, 3.63) is 64.8 Å². The second-order valence-corrected chi connectivity index (χ2v) is 5.95. The molecule has 3 heterocycles. The first-order valence-corrected chi connectivity index (χ1v) is 7.91. The molecule has 0 aliphatic carbocycles. The lowest BCUT2D eigenvalue weighted by Crippen LogP contribution is -2.22. The minimum Gasteiger partial charge on any atom is -0.431 e. The second kappa shape index (κ2) is 6.05. The number of aromatic nitrogens is 3. The van der Waals surface area contributed by atoms with Crippen LogP contribution < -0.4 is 5.32 Å². The van der Waals surface area contributed by atoms with Gasteiger partial charge in [-0.25, -0.2) is 4.98 Å². The van der Waals surface area contributed by atoms with Gasteiger partial charge in [0.2, 0.25) is 11.7 Å². The summed E-state index contributed by atoms with van der Waals surface area (Å²) in [7, 11) is 0. The summed E-state index contributed by atoms with van der Waals surface area (Å²) in [5.41, 5.74) is 2.37. The van der Waals surface area contributed by atoms with Gasteiger partial charge < -0.3 is 9.73 Å². The number of carbonyl (C=O) groups excluding carboxylic acids is 1. The summed E-state index contributed by atoms with van der Waals surface area (Å²) in [5, 5.41) is 11.1. The fourth-order valence-corrected chi connectivity index (χ4v) is 2.96. The third-order valence-corrected chi connectivity index (χ3v) is 4.26. The smallest absolute Gasteiger partial charge is 0.289 e. The van der Waals surface area contributed by atoms with Crippen molar-refractivity contribution in [2.24, 2.45) is 0 Å². The minimum absolute atomic E-state index is 0.0384. The van der Waals surface area contributed by atoms with Crippen molar-refractivity contribution in [3.8, 4) is 11.5 Å². The number of nitrogens with zero attached hydrogens (tertiary/aromatic N) is 3. The number of nitrogens with one attached hydrogen (secondary N) is 1. The highest BCUT2D eigenvalue weighted by Crippen LogP contribution is 2.34. The van der Waals surface area contributed by atoms with Crippen LogP contribution in [0.1, 0.15) is 34.2 Å². The molecular weight excluding hydrogens is 328 g/mol. The number of oxazole rings is 1. The first kappa shape index (κ1) is 14.8. The number of hydrogen-bond acceptors (Lipinski definition) is 5. The van der Waals surface area contributed by atoms with E-state index in [9.17, 15) is 4.79 Å². The number of fused-ring (bicyclic) bond motifs is 1. The van der Waals surface area contributed by atoms with E-state index in [0.29, 0.717) is 28.7 Å². The van der Waals surface area contributed by atoms with Crippen LogP contribution in [0.3, 0.4) is 0 Å². The van der Waals surface area contributed by atoms with Crippen LogP contribution in [0.5, 0.6) is 0 Å². The van der Waals surface area contributed by atoms with Crippen LogP contribution in [0, 0.1) is 0 Å². The Hall–Kier alpha value is -2.73. The number of rotatable bonds is 2. The number of carbonyl (C=O) groups is 1. The minimum atomic E-state index is -0.248. The summed E-state index contributed by atoms with van der Waals surface area (Å²) in [5.74, 6) is 0.330. The molecule has 2 aromatic heterocycles. The molecule has 0 saturated carbocycles. The van der Waals surface area contributed by atoms with E-state index in [0.717, 1.165) is 12.0 Å². The Labute approximate surface area is 142 Å². The molecule has 0 fully saturated rings. The molecule has 3 aromatic rings. The average Bonchev–Trinajstić information content (AvgIpc) is 2.99. The Morgan fingerprint density at radius 2 is 2.00 bits per heavy atom. The van der Waals surface area contributed by atoms with Crippen LogP contribution in [-0.2, 0) is 0 Å². The predicted octanol–water partition coefficient (Wildman–Crippen LogP) is 3.05. The molecule has 6 nitrogen and oxygen atoms in total. The summed E-state index contributed by atoms with van der Waals surface area (Å²) >= 11 is 5.98. The molecule has 1 atom stereocenters. The highest BCUT2D eigenvalue weighted by molar-refractivity contribution is 6.30. The maximum absolute atomic E-state index is 12.3. The molecule has 1 amide bonds. The third-order valence-electron chi connectivity index (χ3n) is 4.01. The Bertz CT molecular complexity index is 877. The molecular formula is C17H13ClN4O2. The largest absolute Gasteiger partial charge is 0.431 e. The van der Waals surface area contributed by atoms with Crippen LogP contribution in [0.4, 0.5) is 0 Å². The molecule has 0 bridgehead atoms. The fraction of sp³-hybridized carbons (Fsp3) is 0.176. The standard InChI is InChI=1S/C17H13ClN4O2/c18-12-3-1-10(2-4-12)13-6-7-19-16(23)15-14(13)22-17(24-15)11-5-8-20-21-9-11/h1-5,8-9,13H,6-7H2,(H,19,23). The molecule has 0 radical (unpaired) electrons. The SMILES string of the molecule is O=C1NCCC(c2ccc(Cl)cc2)c2nc(-c3ccnnc3)oc21. The fourth-order valence-electron chi connectivity index (χ4n) is 2.84. The number of benzene rings is 1. The third kappa shape index (κ3) is 2.65. The zero-order valence-corrected chi connectivity index (χ0v) is 13.3. The van der Waals surface area contributed by atoms with Crippen molar-refractivity contribution < 1.29 is 9.21 Å². The lowest BCUT2D eigenvalue weighted by Gasteiger charge is -2.13.